The molecule has 1 aliphatic rings. The van der Waals surface area contributed by atoms with Crippen LogP contribution < -0.4 is 4.74 Å². The van der Waals surface area contributed by atoms with Crippen LogP contribution in [0.2, 0.25) is 0 Å². The average Bonchev–Trinajstić information content (AvgIpc) is 3.03. The first kappa shape index (κ1) is 17.5. The van der Waals surface area contributed by atoms with Crippen LogP contribution in [0.4, 0.5) is 4.39 Å². The van der Waals surface area contributed by atoms with Crippen LogP contribution in [0.3, 0.4) is 0 Å². The van der Waals surface area contributed by atoms with Crippen LogP contribution in [0.1, 0.15) is 5.69 Å². The fraction of sp³-hybridized carbons (Fsp3) is 0.300. The lowest BCUT2D eigenvalue weighted by atomic mass is 10.1. The van der Waals surface area contributed by atoms with Gasteiger partial charge in [-0.2, -0.15) is 0 Å². The quantitative estimate of drug-likeness (QED) is 0.694. The SMILES string of the molecule is Cc1cc(OCCN2CCOCC2=O)nn1-c1ccc2cc(F)ccc2c1. The number of halogens is 1. The zero-order valence-electron chi connectivity index (χ0n) is 15.0. The van der Waals surface area contributed by atoms with Crippen LogP contribution >= 0.6 is 0 Å². The lowest BCUT2D eigenvalue weighted by Gasteiger charge is -2.26. The van der Waals surface area contributed by atoms with E-state index < -0.39 is 0 Å². The van der Waals surface area contributed by atoms with E-state index in [2.05, 4.69) is 5.10 Å². The fourth-order valence-electron chi connectivity index (χ4n) is 3.16. The van der Waals surface area contributed by atoms with Crippen molar-refractivity contribution in [1.29, 1.82) is 0 Å². The molecule has 3 aromatic rings. The first-order valence-corrected chi connectivity index (χ1v) is 8.85. The van der Waals surface area contributed by atoms with Gasteiger partial charge in [0.2, 0.25) is 11.8 Å². The lowest BCUT2D eigenvalue weighted by molar-refractivity contribution is -0.143. The second-order valence-corrected chi connectivity index (χ2v) is 6.49. The third kappa shape index (κ3) is 3.78. The number of carbonyl (C=O) groups is 1. The average molecular weight is 369 g/mol. The summed E-state index contributed by atoms with van der Waals surface area (Å²) in [7, 11) is 0. The van der Waals surface area contributed by atoms with E-state index in [-0.39, 0.29) is 18.3 Å². The Morgan fingerprint density at radius 3 is 2.85 bits per heavy atom. The molecule has 1 aromatic heterocycles. The molecule has 1 saturated heterocycles. The molecule has 0 bridgehead atoms. The summed E-state index contributed by atoms with van der Waals surface area (Å²) >= 11 is 0. The molecule has 1 fully saturated rings. The smallest absolute Gasteiger partial charge is 0.248 e. The number of hydrogen-bond acceptors (Lipinski definition) is 4. The van der Waals surface area contributed by atoms with Crippen molar-refractivity contribution in [2.24, 2.45) is 0 Å². The Bertz CT molecular complexity index is 986. The van der Waals surface area contributed by atoms with Gasteiger partial charge in [-0.15, -0.1) is 5.10 Å². The van der Waals surface area contributed by atoms with Crippen molar-refractivity contribution < 1.29 is 18.7 Å². The zero-order chi connectivity index (χ0) is 18.8. The van der Waals surface area contributed by atoms with E-state index in [4.69, 9.17) is 9.47 Å². The Morgan fingerprint density at radius 1 is 1.19 bits per heavy atom. The summed E-state index contributed by atoms with van der Waals surface area (Å²) in [6, 6.07) is 12.3. The number of aromatic nitrogens is 2. The number of nitrogens with zero attached hydrogens (tertiary/aromatic N) is 3. The molecule has 0 aliphatic carbocycles. The number of morpholine rings is 1. The Labute approximate surface area is 156 Å². The minimum absolute atomic E-state index is 0.0147. The molecule has 2 heterocycles. The molecule has 0 unspecified atom stereocenters. The van der Waals surface area contributed by atoms with Crippen LogP contribution in [0.25, 0.3) is 16.5 Å². The van der Waals surface area contributed by atoms with Crippen molar-refractivity contribution in [3.05, 3.63) is 54.0 Å². The van der Waals surface area contributed by atoms with Crippen molar-refractivity contribution in [2.75, 3.05) is 32.9 Å². The van der Waals surface area contributed by atoms with Gasteiger partial charge in [0.05, 0.1) is 18.8 Å². The Kier molecular flexibility index (Phi) is 4.77. The van der Waals surface area contributed by atoms with Crippen LogP contribution in [0.5, 0.6) is 5.88 Å². The normalized spacial score (nSPS) is 14.7. The highest BCUT2D eigenvalue weighted by Crippen LogP contribution is 2.22. The molecule has 0 saturated carbocycles. The summed E-state index contributed by atoms with van der Waals surface area (Å²) in [6.07, 6.45) is 0. The van der Waals surface area contributed by atoms with Crippen LogP contribution in [0, 0.1) is 12.7 Å². The molecule has 2 aromatic carbocycles. The highest BCUT2D eigenvalue weighted by Gasteiger charge is 2.18. The standard InChI is InChI=1S/C20H20FN3O3/c1-14-10-19(27-9-7-23-6-8-26-13-20(23)25)22-24(14)18-5-3-15-11-17(21)4-2-16(15)12-18/h2-5,10-12H,6-9,13H2,1H3. The number of ether oxygens (including phenoxy) is 2. The number of amides is 1. The first-order valence-electron chi connectivity index (χ1n) is 8.85. The predicted molar refractivity (Wildman–Crippen MR) is 98.7 cm³/mol. The topological polar surface area (TPSA) is 56.6 Å². The van der Waals surface area contributed by atoms with Crippen molar-refractivity contribution in [3.8, 4) is 11.6 Å². The monoisotopic (exact) mass is 369 g/mol. The minimum Gasteiger partial charge on any atom is -0.475 e. The fourth-order valence-corrected chi connectivity index (χ4v) is 3.16. The molecular formula is C20H20FN3O3. The molecule has 0 atom stereocenters. The van der Waals surface area contributed by atoms with Crippen LogP contribution in [0.15, 0.2) is 42.5 Å². The molecule has 0 radical (unpaired) electrons. The molecular weight excluding hydrogens is 349 g/mol. The predicted octanol–water partition coefficient (Wildman–Crippen LogP) is 2.71. The molecule has 27 heavy (non-hydrogen) atoms. The minimum atomic E-state index is -0.250. The number of aryl methyl sites for hydroxylation is 1. The summed E-state index contributed by atoms with van der Waals surface area (Å²) in [5.41, 5.74) is 1.80. The largest absolute Gasteiger partial charge is 0.475 e. The van der Waals surface area contributed by atoms with E-state index in [0.717, 1.165) is 22.2 Å². The second kappa shape index (κ2) is 7.36. The van der Waals surface area contributed by atoms with Gasteiger partial charge in [0.25, 0.3) is 0 Å². The summed E-state index contributed by atoms with van der Waals surface area (Å²) < 4.78 is 26.0. The van der Waals surface area contributed by atoms with Gasteiger partial charge >= 0.3 is 0 Å². The highest BCUT2D eigenvalue weighted by atomic mass is 19.1. The van der Waals surface area contributed by atoms with Gasteiger partial charge in [-0.25, -0.2) is 9.07 Å². The van der Waals surface area contributed by atoms with Gasteiger partial charge in [-0.05, 0) is 42.0 Å². The van der Waals surface area contributed by atoms with Crippen LogP contribution in [-0.2, 0) is 9.53 Å². The summed E-state index contributed by atoms with van der Waals surface area (Å²) in [6.45, 7) is 4.12. The second-order valence-electron chi connectivity index (χ2n) is 6.49. The van der Waals surface area contributed by atoms with Gasteiger partial charge in [0, 0.05) is 18.3 Å². The molecule has 0 N–H and O–H groups in total. The first-order chi connectivity index (χ1) is 13.1. The molecule has 1 amide bonds. The van der Waals surface area contributed by atoms with E-state index in [9.17, 15) is 9.18 Å². The van der Waals surface area contributed by atoms with E-state index in [1.54, 1.807) is 15.6 Å². The molecule has 0 spiro atoms. The third-order valence-corrected chi connectivity index (χ3v) is 4.59. The Hall–Kier alpha value is -2.93. The maximum Gasteiger partial charge on any atom is 0.248 e. The molecule has 4 rings (SSSR count). The molecule has 140 valence electrons. The number of fused-ring (bicyclic) bond motifs is 1. The van der Waals surface area contributed by atoms with E-state index >= 15 is 0 Å². The van der Waals surface area contributed by atoms with Gasteiger partial charge in [-0.3, -0.25) is 4.79 Å². The zero-order valence-corrected chi connectivity index (χ0v) is 15.0. The maximum atomic E-state index is 13.3. The number of rotatable bonds is 5. The molecule has 6 nitrogen and oxygen atoms in total. The number of benzene rings is 2. The summed E-state index contributed by atoms with van der Waals surface area (Å²) in [5.74, 6) is 0.242. The summed E-state index contributed by atoms with van der Waals surface area (Å²) in [5, 5.41) is 6.28. The highest BCUT2D eigenvalue weighted by molar-refractivity contribution is 5.84. The Morgan fingerprint density at radius 2 is 2.00 bits per heavy atom. The van der Waals surface area contributed by atoms with Crippen molar-refractivity contribution >= 4 is 16.7 Å². The van der Waals surface area contributed by atoms with E-state index in [1.165, 1.54) is 12.1 Å². The van der Waals surface area contributed by atoms with Crippen LogP contribution in [-0.4, -0.2) is 53.5 Å². The summed E-state index contributed by atoms with van der Waals surface area (Å²) in [4.78, 5) is 13.4. The van der Waals surface area contributed by atoms with E-state index in [1.807, 2.05) is 31.2 Å². The Balaban J connectivity index is 1.46. The van der Waals surface area contributed by atoms with Gasteiger partial charge in [-0.1, -0.05) is 12.1 Å². The molecule has 7 heteroatoms. The third-order valence-electron chi connectivity index (χ3n) is 4.59. The van der Waals surface area contributed by atoms with Crippen molar-refractivity contribution in [2.45, 2.75) is 6.92 Å². The van der Waals surface area contributed by atoms with Gasteiger partial charge < -0.3 is 14.4 Å². The number of hydrogen-bond donors (Lipinski definition) is 0. The van der Waals surface area contributed by atoms with Gasteiger partial charge in [0.15, 0.2) is 0 Å². The van der Waals surface area contributed by atoms with E-state index in [0.29, 0.717) is 32.2 Å². The molecule has 1 aliphatic heterocycles. The lowest BCUT2D eigenvalue weighted by Crippen LogP contribution is -2.43. The number of carbonyl (C=O) groups excluding carboxylic acids is 1. The van der Waals surface area contributed by atoms with Crippen molar-refractivity contribution in [3.63, 3.8) is 0 Å². The van der Waals surface area contributed by atoms with Gasteiger partial charge in [0.1, 0.15) is 19.0 Å². The maximum absolute atomic E-state index is 13.3. The van der Waals surface area contributed by atoms with Crippen molar-refractivity contribution in [1.82, 2.24) is 14.7 Å².